The Bertz CT molecular complexity index is 1460. The molecule has 1 aromatic heterocycles. The Morgan fingerprint density at radius 2 is 1.74 bits per heavy atom. The molecule has 3 aromatic carbocycles. The van der Waals surface area contributed by atoms with Gasteiger partial charge in [0.15, 0.2) is 16.7 Å². The van der Waals surface area contributed by atoms with Gasteiger partial charge >= 0.3 is 0 Å². The zero-order valence-corrected chi connectivity index (χ0v) is 19.5. The number of nitriles is 1. The van der Waals surface area contributed by atoms with E-state index in [0.717, 1.165) is 5.56 Å². The fraction of sp³-hybridized carbons (Fsp3) is 0.160. The monoisotopic (exact) mass is 477 g/mol. The minimum Gasteiger partial charge on any atom is -0.493 e. The van der Waals surface area contributed by atoms with E-state index in [2.05, 4.69) is 6.07 Å². The molecule has 0 aliphatic rings. The van der Waals surface area contributed by atoms with E-state index in [0.29, 0.717) is 22.8 Å². The maximum absolute atomic E-state index is 14.8. The van der Waals surface area contributed by atoms with Gasteiger partial charge in [-0.2, -0.15) is 5.26 Å². The molecule has 0 spiro atoms. The van der Waals surface area contributed by atoms with E-state index in [-0.39, 0.29) is 27.5 Å². The molecule has 0 bridgehead atoms. The van der Waals surface area contributed by atoms with Crippen molar-refractivity contribution in [3.63, 3.8) is 0 Å². The molecular formula is C25H20FN3O4S. The van der Waals surface area contributed by atoms with Crippen LogP contribution >= 0.6 is 11.8 Å². The van der Waals surface area contributed by atoms with Crippen molar-refractivity contribution in [2.45, 2.75) is 10.9 Å². The summed E-state index contributed by atoms with van der Waals surface area (Å²) < 4.78 is 32.4. The minimum atomic E-state index is -0.557. The fourth-order valence-corrected chi connectivity index (χ4v) is 4.49. The van der Waals surface area contributed by atoms with E-state index in [4.69, 9.17) is 24.5 Å². The van der Waals surface area contributed by atoms with Crippen LogP contribution in [0.5, 0.6) is 17.2 Å². The highest BCUT2D eigenvalue weighted by Gasteiger charge is 2.23. The number of benzene rings is 3. The second-order valence-electron chi connectivity index (χ2n) is 7.13. The first-order valence-electron chi connectivity index (χ1n) is 10.1. The van der Waals surface area contributed by atoms with Gasteiger partial charge in [0.25, 0.3) is 5.56 Å². The minimum absolute atomic E-state index is 0.0815. The van der Waals surface area contributed by atoms with Gasteiger partial charge in [-0.1, -0.05) is 36.0 Å². The average Bonchev–Trinajstić information content (AvgIpc) is 2.87. The van der Waals surface area contributed by atoms with Crippen molar-refractivity contribution in [3.8, 4) is 29.0 Å². The lowest BCUT2D eigenvalue weighted by Crippen LogP contribution is -2.23. The van der Waals surface area contributed by atoms with Crippen LogP contribution in [-0.4, -0.2) is 30.9 Å². The maximum atomic E-state index is 14.8. The summed E-state index contributed by atoms with van der Waals surface area (Å²) >= 11 is 1.26. The number of aromatic nitrogens is 2. The Balaban J connectivity index is 1.95. The maximum Gasteiger partial charge on any atom is 0.267 e. The van der Waals surface area contributed by atoms with Gasteiger partial charge < -0.3 is 14.2 Å². The van der Waals surface area contributed by atoms with E-state index >= 15 is 0 Å². The van der Waals surface area contributed by atoms with Crippen molar-refractivity contribution in [2.24, 2.45) is 0 Å². The van der Waals surface area contributed by atoms with Gasteiger partial charge in [-0.25, -0.2) is 9.37 Å². The van der Waals surface area contributed by atoms with E-state index in [1.54, 1.807) is 24.3 Å². The van der Waals surface area contributed by atoms with Crippen LogP contribution in [0.2, 0.25) is 0 Å². The van der Waals surface area contributed by atoms with Crippen molar-refractivity contribution in [2.75, 3.05) is 21.3 Å². The van der Waals surface area contributed by atoms with Crippen molar-refractivity contribution in [1.29, 1.82) is 5.26 Å². The Morgan fingerprint density at radius 3 is 2.35 bits per heavy atom. The highest BCUT2D eigenvalue weighted by Crippen LogP contribution is 2.42. The Hall–Kier alpha value is -4.03. The molecule has 7 nitrogen and oxygen atoms in total. The molecule has 0 aliphatic heterocycles. The van der Waals surface area contributed by atoms with E-state index in [1.165, 1.54) is 55.9 Å². The largest absolute Gasteiger partial charge is 0.493 e. The molecule has 9 heteroatoms. The molecule has 172 valence electrons. The summed E-state index contributed by atoms with van der Waals surface area (Å²) in [4.78, 5) is 18.4. The van der Waals surface area contributed by atoms with Crippen LogP contribution in [0.1, 0.15) is 11.1 Å². The Morgan fingerprint density at radius 1 is 1.03 bits per heavy atom. The number of thioether (sulfide) groups is 1. The molecule has 0 radical (unpaired) electrons. The van der Waals surface area contributed by atoms with Crippen LogP contribution in [0.3, 0.4) is 0 Å². The molecule has 0 fully saturated rings. The van der Waals surface area contributed by atoms with Crippen LogP contribution in [0, 0.1) is 17.1 Å². The highest BCUT2D eigenvalue weighted by molar-refractivity contribution is 7.98. The third kappa shape index (κ3) is 4.16. The third-order valence-corrected chi connectivity index (χ3v) is 6.19. The summed E-state index contributed by atoms with van der Waals surface area (Å²) in [6, 6.07) is 16.7. The summed E-state index contributed by atoms with van der Waals surface area (Å²) in [5.74, 6) is 0.724. The summed E-state index contributed by atoms with van der Waals surface area (Å²) in [5.41, 5.74) is 1.35. The van der Waals surface area contributed by atoms with Gasteiger partial charge in [0.05, 0.1) is 44.0 Å². The number of ether oxygens (including phenoxy) is 3. The normalized spacial score (nSPS) is 10.7. The van der Waals surface area contributed by atoms with Gasteiger partial charge in [0.1, 0.15) is 11.3 Å². The van der Waals surface area contributed by atoms with Crippen molar-refractivity contribution < 1.29 is 18.6 Å². The van der Waals surface area contributed by atoms with E-state index in [9.17, 15) is 9.18 Å². The Kier molecular flexibility index (Phi) is 6.70. The van der Waals surface area contributed by atoms with Gasteiger partial charge in [-0.3, -0.25) is 9.36 Å². The summed E-state index contributed by atoms with van der Waals surface area (Å²) in [6.45, 7) is 0. The molecule has 0 unspecified atom stereocenters. The fourth-order valence-electron chi connectivity index (χ4n) is 3.53. The second kappa shape index (κ2) is 9.85. The molecule has 4 rings (SSSR count). The number of fused-ring (bicyclic) bond motifs is 1. The lowest BCUT2D eigenvalue weighted by Gasteiger charge is -2.17. The SMILES string of the molecule is COc1cc2c(=O)n(-c3ccccc3F)c(SCc3ccc(C#N)cc3)nc2c(OC)c1OC. The number of hydrogen-bond acceptors (Lipinski definition) is 7. The van der Waals surface area contributed by atoms with Crippen molar-refractivity contribution in [3.05, 3.63) is 81.9 Å². The molecule has 0 amide bonds. The number of hydrogen-bond donors (Lipinski definition) is 0. The van der Waals surface area contributed by atoms with Crippen LogP contribution in [0.25, 0.3) is 16.6 Å². The number of para-hydroxylation sites is 1. The van der Waals surface area contributed by atoms with Gasteiger partial charge in [-0.05, 0) is 35.9 Å². The lowest BCUT2D eigenvalue weighted by molar-refractivity contribution is 0.326. The van der Waals surface area contributed by atoms with Crippen LogP contribution in [0.4, 0.5) is 4.39 Å². The first kappa shape index (κ1) is 23.1. The number of rotatable bonds is 7. The van der Waals surface area contributed by atoms with Crippen LogP contribution in [0.15, 0.2) is 64.5 Å². The summed E-state index contributed by atoms with van der Waals surface area (Å²) in [6.07, 6.45) is 0. The zero-order chi connectivity index (χ0) is 24.2. The first-order chi connectivity index (χ1) is 16.5. The molecule has 1 heterocycles. The predicted octanol–water partition coefficient (Wildman–Crippen LogP) is 4.71. The molecule has 0 aliphatic carbocycles. The third-order valence-electron chi connectivity index (χ3n) is 5.18. The zero-order valence-electron chi connectivity index (χ0n) is 18.7. The number of halogens is 1. The first-order valence-corrected chi connectivity index (χ1v) is 11.1. The van der Waals surface area contributed by atoms with Crippen LogP contribution < -0.4 is 19.8 Å². The molecule has 0 saturated heterocycles. The van der Waals surface area contributed by atoms with Gasteiger partial charge in [0.2, 0.25) is 5.75 Å². The number of nitrogens with zero attached hydrogens (tertiary/aromatic N) is 3. The van der Waals surface area contributed by atoms with Gasteiger partial charge in [0, 0.05) is 5.75 Å². The predicted molar refractivity (Wildman–Crippen MR) is 128 cm³/mol. The molecule has 0 atom stereocenters. The summed E-state index contributed by atoms with van der Waals surface area (Å²) in [5, 5.41) is 9.49. The van der Waals surface area contributed by atoms with Crippen molar-refractivity contribution in [1.82, 2.24) is 9.55 Å². The summed E-state index contributed by atoms with van der Waals surface area (Å²) in [7, 11) is 4.37. The molecule has 0 saturated carbocycles. The molecule has 0 N–H and O–H groups in total. The smallest absolute Gasteiger partial charge is 0.267 e. The number of methoxy groups -OCH3 is 3. The van der Waals surface area contributed by atoms with Crippen LogP contribution in [-0.2, 0) is 5.75 Å². The van der Waals surface area contributed by atoms with E-state index in [1.807, 2.05) is 12.1 Å². The second-order valence-corrected chi connectivity index (χ2v) is 8.07. The van der Waals surface area contributed by atoms with E-state index < -0.39 is 11.4 Å². The van der Waals surface area contributed by atoms with Gasteiger partial charge in [-0.15, -0.1) is 0 Å². The molecule has 34 heavy (non-hydrogen) atoms. The quantitative estimate of drug-likeness (QED) is 0.281. The topological polar surface area (TPSA) is 86.4 Å². The lowest BCUT2D eigenvalue weighted by atomic mass is 10.2. The molecular weight excluding hydrogens is 457 g/mol. The molecule has 4 aromatic rings. The van der Waals surface area contributed by atoms with Crippen molar-refractivity contribution >= 4 is 22.7 Å². The standard InChI is InChI=1S/C25H20FN3O4S/c1-31-20-12-17-21(23(33-3)22(20)32-2)28-25(34-14-16-10-8-15(13-27)9-11-16)29(24(17)30)19-7-5-4-6-18(19)26/h4-12H,14H2,1-3H3. The average molecular weight is 478 g/mol. The Labute approximate surface area is 199 Å². The highest BCUT2D eigenvalue weighted by atomic mass is 32.2.